The lowest BCUT2D eigenvalue weighted by atomic mass is 10.2. The first-order chi connectivity index (χ1) is 9.22. The number of rotatable bonds is 5. The molecule has 0 aliphatic carbocycles. The van der Waals surface area contributed by atoms with Crippen molar-refractivity contribution < 1.29 is 18.8 Å². The van der Waals surface area contributed by atoms with E-state index in [9.17, 15) is 4.79 Å². The smallest absolute Gasteiger partial charge is 0.336 e. The molecule has 0 radical (unpaired) electrons. The summed E-state index contributed by atoms with van der Waals surface area (Å²) in [5.74, 6) is 0.966. The van der Waals surface area contributed by atoms with Gasteiger partial charge in [0.25, 0.3) is 0 Å². The summed E-state index contributed by atoms with van der Waals surface area (Å²) in [7, 11) is 1.36. The van der Waals surface area contributed by atoms with E-state index in [1.807, 2.05) is 0 Å². The fraction of sp³-hybridized carbons (Fsp3) is 0.750. The molecule has 1 aromatic heterocycles. The van der Waals surface area contributed by atoms with Crippen molar-refractivity contribution in [3.63, 3.8) is 0 Å². The fourth-order valence-electron chi connectivity index (χ4n) is 1.99. The summed E-state index contributed by atoms with van der Waals surface area (Å²) in [6.07, 6.45) is 1.24. The van der Waals surface area contributed by atoms with Gasteiger partial charge in [0.2, 0.25) is 5.89 Å². The van der Waals surface area contributed by atoms with Gasteiger partial charge >= 0.3 is 5.97 Å². The second kappa shape index (κ2) is 6.63. The molecule has 0 N–H and O–H groups in total. The Labute approximate surface area is 111 Å². The highest BCUT2D eigenvalue weighted by Gasteiger charge is 2.28. The fourth-order valence-corrected chi connectivity index (χ4v) is 1.99. The second-order valence-electron chi connectivity index (χ2n) is 4.47. The number of esters is 1. The minimum absolute atomic E-state index is 0.343. The predicted octanol–water partition coefficient (Wildman–Crippen LogP) is 0.396. The number of hydrogen-bond acceptors (Lipinski definition) is 7. The van der Waals surface area contributed by atoms with Gasteiger partial charge in [-0.15, -0.1) is 0 Å². The van der Waals surface area contributed by atoms with Crippen LogP contribution in [0.25, 0.3) is 0 Å². The number of carbonyl (C=O) groups is 1. The van der Waals surface area contributed by atoms with E-state index in [-0.39, 0.29) is 5.97 Å². The average Bonchev–Trinajstić information content (AvgIpc) is 2.86. The summed E-state index contributed by atoms with van der Waals surface area (Å²) in [6, 6.07) is 0. The Morgan fingerprint density at radius 1 is 1.58 bits per heavy atom. The molecule has 0 spiro atoms. The molecule has 7 nitrogen and oxygen atoms in total. The molecule has 106 valence electrons. The summed E-state index contributed by atoms with van der Waals surface area (Å²) >= 11 is 0. The SMILES string of the molecule is CCCc1nc(CN2CCOC(C(=O)OC)C2)no1. The van der Waals surface area contributed by atoms with Crippen molar-refractivity contribution >= 4 is 5.97 Å². The van der Waals surface area contributed by atoms with Crippen LogP contribution in [-0.2, 0) is 27.2 Å². The topological polar surface area (TPSA) is 77.7 Å². The van der Waals surface area contributed by atoms with Crippen molar-refractivity contribution in [1.82, 2.24) is 15.0 Å². The van der Waals surface area contributed by atoms with E-state index in [1.54, 1.807) is 0 Å². The van der Waals surface area contributed by atoms with Gasteiger partial charge in [0.15, 0.2) is 11.9 Å². The Balaban J connectivity index is 1.89. The molecule has 0 bridgehead atoms. The van der Waals surface area contributed by atoms with Gasteiger partial charge in [-0.2, -0.15) is 4.98 Å². The van der Waals surface area contributed by atoms with E-state index in [1.165, 1.54) is 7.11 Å². The Hall–Kier alpha value is -1.47. The van der Waals surface area contributed by atoms with Crippen LogP contribution in [0.3, 0.4) is 0 Å². The summed E-state index contributed by atoms with van der Waals surface area (Å²) in [4.78, 5) is 17.8. The van der Waals surface area contributed by atoms with Crippen molar-refractivity contribution in [2.75, 3.05) is 26.8 Å². The summed E-state index contributed by atoms with van der Waals surface area (Å²) in [6.45, 7) is 4.35. The minimum atomic E-state index is -0.527. The molecule has 1 atom stereocenters. The van der Waals surface area contributed by atoms with E-state index in [0.29, 0.717) is 31.4 Å². The van der Waals surface area contributed by atoms with E-state index < -0.39 is 6.10 Å². The lowest BCUT2D eigenvalue weighted by molar-refractivity contribution is -0.160. The highest BCUT2D eigenvalue weighted by atomic mass is 16.6. The summed E-state index contributed by atoms with van der Waals surface area (Å²) in [5, 5.41) is 3.93. The van der Waals surface area contributed by atoms with Crippen LogP contribution >= 0.6 is 0 Å². The third-order valence-corrected chi connectivity index (χ3v) is 2.95. The number of methoxy groups -OCH3 is 1. The lowest BCUT2D eigenvalue weighted by Gasteiger charge is -2.30. The normalized spacial score (nSPS) is 20.4. The maximum atomic E-state index is 11.4. The Morgan fingerprint density at radius 3 is 3.16 bits per heavy atom. The number of nitrogens with zero attached hydrogens (tertiary/aromatic N) is 3. The van der Waals surface area contributed by atoms with Crippen LogP contribution in [0.15, 0.2) is 4.52 Å². The van der Waals surface area contributed by atoms with Gasteiger partial charge in [0.05, 0.1) is 20.3 Å². The molecule has 0 saturated carbocycles. The Kier molecular flexibility index (Phi) is 4.86. The van der Waals surface area contributed by atoms with Crippen LogP contribution in [0.5, 0.6) is 0 Å². The molecule has 19 heavy (non-hydrogen) atoms. The summed E-state index contributed by atoms with van der Waals surface area (Å²) < 4.78 is 15.2. The first kappa shape index (κ1) is 14.0. The van der Waals surface area contributed by atoms with E-state index in [2.05, 4.69) is 26.7 Å². The first-order valence-corrected chi connectivity index (χ1v) is 6.46. The number of aromatic nitrogens is 2. The Bertz CT molecular complexity index is 421. The molecule has 0 amide bonds. The van der Waals surface area contributed by atoms with Crippen LogP contribution in [0.1, 0.15) is 25.1 Å². The molecular formula is C12H19N3O4. The maximum Gasteiger partial charge on any atom is 0.336 e. The van der Waals surface area contributed by atoms with Gasteiger partial charge in [-0.1, -0.05) is 12.1 Å². The highest BCUT2D eigenvalue weighted by molar-refractivity contribution is 5.74. The van der Waals surface area contributed by atoms with E-state index in [0.717, 1.165) is 19.4 Å². The summed E-state index contributed by atoms with van der Waals surface area (Å²) in [5.41, 5.74) is 0. The highest BCUT2D eigenvalue weighted by Crippen LogP contribution is 2.10. The number of aryl methyl sites for hydroxylation is 1. The van der Waals surface area contributed by atoms with Gasteiger partial charge in [0.1, 0.15) is 0 Å². The molecule has 2 heterocycles. The third kappa shape index (κ3) is 3.74. The zero-order valence-electron chi connectivity index (χ0n) is 11.3. The van der Waals surface area contributed by atoms with Crippen molar-refractivity contribution in [2.45, 2.75) is 32.4 Å². The molecule has 1 saturated heterocycles. The largest absolute Gasteiger partial charge is 0.467 e. The van der Waals surface area contributed by atoms with Crippen molar-refractivity contribution in [3.8, 4) is 0 Å². The number of hydrogen-bond donors (Lipinski definition) is 0. The molecule has 1 unspecified atom stereocenters. The minimum Gasteiger partial charge on any atom is -0.467 e. The van der Waals surface area contributed by atoms with Crippen molar-refractivity contribution in [1.29, 1.82) is 0 Å². The number of morpholine rings is 1. The van der Waals surface area contributed by atoms with Gasteiger partial charge < -0.3 is 14.0 Å². The zero-order chi connectivity index (χ0) is 13.7. The third-order valence-electron chi connectivity index (χ3n) is 2.95. The first-order valence-electron chi connectivity index (χ1n) is 6.46. The molecule has 1 aromatic rings. The standard InChI is InChI=1S/C12H19N3O4/c1-3-4-11-13-10(14-19-11)8-15-5-6-18-9(7-15)12(16)17-2/h9H,3-8H2,1-2H3. The molecule has 7 heteroatoms. The van der Waals surface area contributed by atoms with E-state index >= 15 is 0 Å². The molecular weight excluding hydrogens is 250 g/mol. The van der Waals surface area contributed by atoms with Gasteiger partial charge in [-0.25, -0.2) is 4.79 Å². The number of carbonyl (C=O) groups excluding carboxylic acids is 1. The Morgan fingerprint density at radius 2 is 2.42 bits per heavy atom. The quantitative estimate of drug-likeness (QED) is 0.716. The molecule has 2 rings (SSSR count). The van der Waals surface area contributed by atoms with Gasteiger partial charge in [-0.05, 0) is 6.42 Å². The van der Waals surface area contributed by atoms with Crippen LogP contribution in [0.2, 0.25) is 0 Å². The average molecular weight is 269 g/mol. The number of ether oxygens (including phenoxy) is 2. The predicted molar refractivity (Wildman–Crippen MR) is 65.3 cm³/mol. The van der Waals surface area contributed by atoms with Crippen LogP contribution < -0.4 is 0 Å². The van der Waals surface area contributed by atoms with E-state index in [4.69, 9.17) is 9.26 Å². The van der Waals surface area contributed by atoms with Crippen molar-refractivity contribution in [3.05, 3.63) is 11.7 Å². The van der Waals surface area contributed by atoms with Gasteiger partial charge in [0, 0.05) is 19.5 Å². The second-order valence-corrected chi connectivity index (χ2v) is 4.47. The molecule has 1 aliphatic rings. The molecule has 0 aromatic carbocycles. The molecule has 1 aliphatic heterocycles. The molecule has 1 fully saturated rings. The zero-order valence-corrected chi connectivity index (χ0v) is 11.3. The monoisotopic (exact) mass is 269 g/mol. The van der Waals surface area contributed by atoms with Crippen molar-refractivity contribution in [2.24, 2.45) is 0 Å². The van der Waals surface area contributed by atoms with Crippen LogP contribution in [0, 0.1) is 0 Å². The van der Waals surface area contributed by atoms with Crippen LogP contribution in [-0.4, -0.2) is 53.9 Å². The lowest BCUT2D eigenvalue weighted by Crippen LogP contribution is -2.46. The van der Waals surface area contributed by atoms with Crippen LogP contribution in [0.4, 0.5) is 0 Å². The maximum absolute atomic E-state index is 11.4. The van der Waals surface area contributed by atoms with Gasteiger partial charge in [-0.3, -0.25) is 4.90 Å².